The fourth-order valence-corrected chi connectivity index (χ4v) is 7.19. The number of amides is 2. The summed E-state index contributed by atoms with van der Waals surface area (Å²) < 4.78 is 24.6. The molecule has 8 nitrogen and oxygen atoms in total. The summed E-state index contributed by atoms with van der Waals surface area (Å²) in [4.78, 5) is 34.6. The first-order valence-electron chi connectivity index (χ1n) is 12.3. The highest BCUT2D eigenvalue weighted by Gasteiger charge is 2.28. The number of carbonyl (C=O) groups excluding carboxylic acids is 2. The van der Waals surface area contributed by atoms with Gasteiger partial charge in [0.05, 0.1) is 27.0 Å². The number of nitrogens with one attached hydrogen (secondary N) is 1. The van der Waals surface area contributed by atoms with Crippen LogP contribution in [0.5, 0.6) is 0 Å². The van der Waals surface area contributed by atoms with Gasteiger partial charge in [-0.15, -0.1) is 11.8 Å². The summed E-state index contributed by atoms with van der Waals surface area (Å²) in [7, 11) is -1.23. The van der Waals surface area contributed by atoms with E-state index in [0.717, 1.165) is 55.2 Å². The molecular formula is C25H34N4O4S3. The summed E-state index contributed by atoms with van der Waals surface area (Å²) in [6.45, 7) is 3.30. The fourth-order valence-electron chi connectivity index (χ4n) is 4.78. The number of likely N-dealkylation sites (N-methyl/N-ethyl adjacent to an activating group) is 1. The molecule has 1 atom stereocenters. The van der Waals surface area contributed by atoms with Crippen molar-refractivity contribution in [3.05, 3.63) is 36.0 Å². The van der Waals surface area contributed by atoms with Crippen molar-refractivity contribution in [1.82, 2.24) is 14.8 Å². The second kappa shape index (κ2) is 12.1. The number of piperazine rings is 1. The van der Waals surface area contributed by atoms with Crippen LogP contribution in [0.25, 0.3) is 0 Å². The van der Waals surface area contributed by atoms with Crippen LogP contribution in [0, 0.1) is 5.92 Å². The molecule has 2 amide bonds. The molecule has 0 unspecified atom stereocenters. The van der Waals surface area contributed by atoms with Crippen LogP contribution in [0.2, 0.25) is 0 Å². The number of hydrogen-bond acceptors (Lipinski definition) is 8. The van der Waals surface area contributed by atoms with Crippen molar-refractivity contribution in [1.29, 1.82) is 0 Å². The standard InChI is InChI=1S/C25H34N4O4S3/c1-28-11-13-29(14-12-28)22(30)17-34-23-16-26-25(35-23)27-24(31)21(15-18-5-3-4-6-18)19-7-9-20(10-8-19)36(2,32)33/h7-10,16,18,21H,3-6,11-15,17H2,1-2H3,(H,26,27,31)/t21-/m1/s1. The van der Waals surface area contributed by atoms with Crippen molar-refractivity contribution in [2.45, 2.75) is 47.1 Å². The van der Waals surface area contributed by atoms with Crippen LogP contribution in [0.1, 0.15) is 43.6 Å². The quantitative estimate of drug-likeness (QED) is 0.475. The summed E-state index contributed by atoms with van der Waals surface area (Å²) in [6.07, 6.45) is 8.22. The fraction of sp³-hybridized carbons (Fsp3) is 0.560. The lowest BCUT2D eigenvalue weighted by molar-refractivity contribution is -0.129. The Bertz CT molecular complexity index is 1150. The third-order valence-electron chi connectivity index (χ3n) is 6.98. The maximum Gasteiger partial charge on any atom is 0.233 e. The molecule has 196 valence electrons. The van der Waals surface area contributed by atoms with Crippen LogP contribution in [0.3, 0.4) is 0 Å². The first kappa shape index (κ1) is 27.1. The lowest BCUT2D eigenvalue weighted by Crippen LogP contribution is -2.47. The summed E-state index contributed by atoms with van der Waals surface area (Å²) in [5, 5.41) is 3.48. The van der Waals surface area contributed by atoms with Gasteiger partial charge in [-0.1, -0.05) is 49.2 Å². The van der Waals surface area contributed by atoms with Gasteiger partial charge in [-0.25, -0.2) is 13.4 Å². The SMILES string of the molecule is CN1CCN(C(=O)CSc2cnc(NC(=O)[C@H](CC3CCCC3)c3ccc(S(C)(=O)=O)cc3)s2)CC1. The van der Waals surface area contributed by atoms with E-state index in [1.165, 1.54) is 42.2 Å². The molecule has 2 fully saturated rings. The van der Waals surface area contributed by atoms with Crippen molar-refractivity contribution in [2.75, 3.05) is 50.6 Å². The zero-order chi connectivity index (χ0) is 25.7. The maximum absolute atomic E-state index is 13.4. The van der Waals surface area contributed by atoms with Gasteiger partial charge in [-0.05, 0) is 37.1 Å². The molecule has 1 aliphatic heterocycles. The van der Waals surface area contributed by atoms with Crippen LogP contribution in [0.15, 0.2) is 39.6 Å². The molecule has 2 aliphatic rings. The van der Waals surface area contributed by atoms with E-state index in [1.54, 1.807) is 30.5 Å². The van der Waals surface area contributed by atoms with Crippen molar-refractivity contribution in [3.63, 3.8) is 0 Å². The second-order valence-electron chi connectivity index (χ2n) is 9.73. The van der Waals surface area contributed by atoms with Crippen LogP contribution < -0.4 is 5.32 Å². The average molecular weight is 551 g/mol. The molecule has 1 N–H and O–H groups in total. The second-order valence-corrected chi connectivity index (χ2v) is 14.0. The number of nitrogens with zero attached hydrogens (tertiary/aromatic N) is 3. The molecule has 2 aromatic rings. The largest absolute Gasteiger partial charge is 0.339 e. The molecule has 1 aliphatic carbocycles. The van der Waals surface area contributed by atoms with Crippen molar-refractivity contribution < 1.29 is 18.0 Å². The van der Waals surface area contributed by atoms with E-state index >= 15 is 0 Å². The van der Waals surface area contributed by atoms with E-state index in [9.17, 15) is 18.0 Å². The lowest BCUT2D eigenvalue weighted by atomic mass is 9.87. The minimum atomic E-state index is -3.30. The Morgan fingerprint density at radius 1 is 1.14 bits per heavy atom. The third-order valence-corrected chi connectivity index (χ3v) is 10.2. The Morgan fingerprint density at radius 2 is 1.81 bits per heavy atom. The summed E-state index contributed by atoms with van der Waals surface area (Å²) >= 11 is 2.82. The monoisotopic (exact) mass is 550 g/mol. The molecule has 1 aromatic heterocycles. The number of rotatable bonds is 9. The molecule has 0 radical (unpaired) electrons. The van der Waals surface area contributed by atoms with Crippen LogP contribution in [-0.2, 0) is 19.4 Å². The van der Waals surface area contributed by atoms with Gasteiger partial charge in [-0.2, -0.15) is 0 Å². The van der Waals surface area contributed by atoms with Crippen LogP contribution >= 0.6 is 23.1 Å². The molecule has 1 saturated carbocycles. The number of hydrogen-bond donors (Lipinski definition) is 1. The first-order valence-corrected chi connectivity index (χ1v) is 16.0. The Labute approximate surface area is 221 Å². The summed E-state index contributed by atoms with van der Waals surface area (Å²) in [5.74, 6) is 0.463. The van der Waals surface area contributed by atoms with Gasteiger partial charge in [-0.3, -0.25) is 9.59 Å². The highest BCUT2D eigenvalue weighted by Crippen LogP contribution is 2.36. The number of thiazole rings is 1. The molecule has 1 saturated heterocycles. The van der Waals surface area contributed by atoms with E-state index in [2.05, 4.69) is 22.2 Å². The molecule has 0 spiro atoms. The van der Waals surface area contributed by atoms with Crippen LogP contribution in [-0.4, -0.2) is 80.3 Å². The molecule has 2 heterocycles. The van der Waals surface area contributed by atoms with E-state index in [1.807, 2.05) is 4.90 Å². The number of aromatic nitrogens is 1. The zero-order valence-electron chi connectivity index (χ0n) is 20.8. The Kier molecular flexibility index (Phi) is 9.08. The molecular weight excluding hydrogens is 517 g/mol. The Balaban J connectivity index is 1.38. The average Bonchev–Trinajstić information content (AvgIpc) is 3.53. The minimum absolute atomic E-state index is 0.126. The Hall–Kier alpha value is -1.95. The molecule has 0 bridgehead atoms. The van der Waals surface area contributed by atoms with Gasteiger partial charge < -0.3 is 15.1 Å². The van der Waals surface area contributed by atoms with Crippen molar-refractivity contribution in [2.24, 2.45) is 5.92 Å². The lowest BCUT2D eigenvalue weighted by Gasteiger charge is -2.32. The maximum atomic E-state index is 13.4. The van der Waals surface area contributed by atoms with Gasteiger partial charge in [0.15, 0.2) is 15.0 Å². The minimum Gasteiger partial charge on any atom is -0.339 e. The predicted octanol–water partition coefficient (Wildman–Crippen LogP) is 3.72. The predicted molar refractivity (Wildman–Crippen MR) is 144 cm³/mol. The van der Waals surface area contributed by atoms with Gasteiger partial charge in [0.1, 0.15) is 0 Å². The molecule has 1 aromatic carbocycles. The topological polar surface area (TPSA) is 99.7 Å². The highest BCUT2D eigenvalue weighted by molar-refractivity contribution is 8.01. The van der Waals surface area contributed by atoms with Crippen molar-refractivity contribution in [3.8, 4) is 0 Å². The van der Waals surface area contributed by atoms with Gasteiger partial charge in [0.25, 0.3) is 0 Å². The molecule has 11 heteroatoms. The van der Waals surface area contributed by atoms with Crippen molar-refractivity contribution >= 4 is 49.9 Å². The highest BCUT2D eigenvalue weighted by atomic mass is 32.2. The first-order chi connectivity index (χ1) is 17.2. The zero-order valence-corrected chi connectivity index (χ0v) is 23.3. The smallest absolute Gasteiger partial charge is 0.233 e. The Morgan fingerprint density at radius 3 is 2.44 bits per heavy atom. The van der Waals surface area contributed by atoms with E-state index in [-0.39, 0.29) is 22.6 Å². The summed E-state index contributed by atoms with van der Waals surface area (Å²) in [6, 6.07) is 6.66. The number of benzene rings is 1. The number of sulfone groups is 1. The van der Waals surface area contributed by atoms with Crippen LogP contribution in [0.4, 0.5) is 5.13 Å². The number of carbonyl (C=O) groups is 2. The van der Waals surface area contributed by atoms with Gasteiger partial charge in [0.2, 0.25) is 11.8 Å². The van der Waals surface area contributed by atoms with E-state index in [4.69, 9.17) is 0 Å². The third kappa shape index (κ3) is 7.30. The van der Waals surface area contributed by atoms with Gasteiger partial charge >= 0.3 is 0 Å². The normalized spacial score (nSPS) is 18.3. The molecule has 4 rings (SSSR count). The summed E-state index contributed by atoms with van der Waals surface area (Å²) in [5.41, 5.74) is 0.815. The van der Waals surface area contributed by atoms with Gasteiger partial charge in [0, 0.05) is 32.4 Å². The number of thioether (sulfide) groups is 1. The van der Waals surface area contributed by atoms with E-state index < -0.39 is 9.84 Å². The number of anilines is 1. The van der Waals surface area contributed by atoms with E-state index in [0.29, 0.717) is 16.8 Å². The molecule has 36 heavy (non-hydrogen) atoms.